The van der Waals surface area contributed by atoms with Crippen LogP contribution in [0.3, 0.4) is 0 Å². The summed E-state index contributed by atoms with van der Waals surface area (Å²) in [7, 11) is 0. The van der Waals surface area contributed by atoms with Crippen LogP contribution in [-0.4, -0.2) is 6.04 Å². The van der Waals surface area contributed by atoms with E-state index in [0.29, 0.717) is 0 Å². The molecule has 0 heterocycles. The maximum absolute atomic E-state index is 13.1. The summed E-state index contributed by atoms with van der Waals surface area (Å²) in [6, 6.07) is 5.20. The lowest BCUT2D eigenvalue weighted by molar-refractivity contribution is 0.301. The van der Waals surface area contributed by atoms with E-state index in [-0.39, 0.29) is 17.3 Å². The molecular formula is C15H24FN. The molecule has 0 saturated carbocycles. The van der Waals surface area contributed by atoms with Gasteiger partial charge in [0.25, 0.3) is 0 Å². The van der Waals surface area contributed by atoms with Crippen molar-refractivity contribution in [1.82, 2.24) is 0 Å². The first-order valence-corrected chi connectivity index (χ1v) is 6.31. The zero-order chi connectivity index (χ0) is 13.1. The minimum Gasteiger partial charge on any atom is -0.327 e. The number of hydrogen-bond acceptors (Lipinski definition) is 1. The fourth-order valence-corrected chi connectivity index (χ4v) is 1.85. The van der Waals surface area contributed by atoms with Gasteiger partial charge in [0.1, 0.15) is 5.82 Å². The molecule has 0 fully saturated rings. The quantitative estimate of drug-likeness (QED) is 0.846. The van der Waals surface area contributed by atoms with Crippen LogP contribution >= 0.6 is 0 Å². The summed E-state index contributed by atoms with van der Waals surface area (Å²) >= 11 is 0. The van der Waals surface area contributed by atoms with E-state index in [1.165, 1.54) is 6.07 Å². The molecule has 1 nitrogen and oxygen atoms in total. The molecule has 0 aliphatic heterocycles. The molecule has 96 valence electrons. The molecule has 1 atom stereocenters. The Labute approximate surface area is 104 Å². The van der Waals surface area contributed by atoms with Crippen LogP contribution in [0.1, 0.15) is 44.7 Å². The number of aryl methyl sites for hydroxylation is 2. The number of rotatable bonds is 4. The molecule has 1 aromatic rings. The second-order valence-corrected chi connectivity index (χ2v) is 5.94. The highest BCUT2D eigenvalue weighted by Gasteiger charge is 2.19. The Bertz CT molecular complexity index is 366. The molecule has 1 rings (SSSR count). The van der Waals surface area contributed by atoms with E-state index in [9.17, 15) is 4.39 Å². The zero-order valence-corrected chi connectivity index (χ0v) is 11.4. The van der Waals surface area contributed by atoms with Crippen LogP contribution in [0.2, 0.25) is 0 Å². The number of nitrogens with two attached hydrogens (primary N) is 1. The van der Waals surface area contributed by atoms with Crippen molar-refractivity contribution in [2.45, 2.75) is 53.0 Å². The lowest BCUT2D eigenvalue weighted by atomic mass is 9.84. The fraction of sp³-hybridized carbons (Fsp3) is 0.600. The molecule has 2 heteroatoms. The molecule has 2 N–H and O–H groups in total. The van der Waals surface area contributed by atoms with Gasteiger partial charge in [-0.15, -0.1) is 0 Å². The van der Waals surface area contributed by atoms with E-state index in [0.717, 1.165) is 30.4 Å². The molecule has 17 heavy (non-hydrogen) atoms. The van der Waals surface area contributed by atoms with Gasteiger partial charge in [-0.05, 0) is 54.9 Å². The number of benzene rings is 1. The van der Waals surface area contributed by atoms with E-state index in [1.54, 1.807) is 6.07 Å². The average molecular weight is 237 g/mol. The second kappa shape index (κ2) is 5.63. The highest BCUT2D eigenvalue weighted by atomic mass is 19.1. The van der Waals surface area contributed by atoms with Crippen LogP contribution in [0.25, 0.3) is 0 Å². The van der Waals surface area contributed by atoms with Crippen molar-refractivity contribution in [3.63, 3.8) is 0 Å². The third-order valence-electron chi connectivity index (χ3n) is 3.38. The minimum atomic E-state index is -0.147. The largest absolute Gasteiger partial charge is 0.327 e. The summed E-state index contributed by atoms with van der Waals surface area (Å²) in [4.78, 5) is 0. The lowest BCUT2D eigenvalue weighted by Gasteiger charge is -2.27. The van der Waals surface area contributed by atoms with Gasteiger partial charge in [0, 0.05) is 6.04 Å². The third-order valence-corrected chi connectivity index (χ3v) is 3.38. The Kier molecular flexibility index (Phi) is 4.70. The van der Waals surface area contributed by atoms with Crippen LogP contribution in [0.4, 0.5) is 4.39 Å². The molecule has 0 bridgehead atoms. The second-order valence-electron chi connectivity index (χ2n) is 5.94. The average Bonchev–Trinajstić information content (AvgIpc) is 2.21. The molecule has 0 saturated heterocycles. The van der Waals surface area contributed by atoms with Crippen molar-refractivity contribution in [1.29, 1.82) is 0 Å². The Balaban J connectivity index is 2.49. The minimum absolute atomic E-state index is 0.147. The normalized spacial score (nSPS) is 13.8. The summed E-state index contributed by atoms with van der Waals surface area (Å²) in [6.45, 7) is 8.50. The monoisotopic (exact) mass is 237 g/mol. The Morgan fingerprint density at radius 1 is 1.29 bits per heavy atom. The molecule has 0 aliphatic carbocycles. The van der Waals surface area contributed by atoms with E-state index in [4.69, 9.17) is 5.73 Å². The summed E-state index contributed by atoms with van der Waals surface area (Å²) < 4.78 is 13.1. The first kappa shape index (κ1) is 14.2. The van der Waals surface area contributed by atoms with Gasteiger partial charge in [-0.1, -0.05) is 26.8 Å². The smallest absolute Gasteiger partial charge is 0.123 e. The summed E-state index contributed by atoms with van der Waals surface area (Å²) in [5, 5.41) is 0. The van der Waals surface area contributed by atoms with Gasteiger partial charge in [-0.3, -0.25) is 0 Å². The maximum Gasteiger partial charge on any atom is 0.123 e. The van der Waals surface area contributed by atoms with Crippen molar-refractivity contribution in [2.75, 3.05) is 0 Å². The molecule has 0 aromatic heterocycles. The highest BCUT2D eigenvalue weighted by molar-refractivity contribution is 5.26. The molecular weight excluding hydrogens is 213 g/mol. The molecule has 0 spiro atoms. The number of halogens is 1. The maximum atomic E-state index is 13.1. The Morgan fingerprint density at radius 3 is 2.53 bits per heavy atom. The van der Waals surface area contributed by atoms with Crippen LogP contribution in [-0.2, 0) is 6.42 Å². The van der Waals surface area contributed by atoms with Crippen LogP contribution < -0.4 is 5.73 Å². The van der Waals surface area contributed by atoms with Crippen LogP contribution in [0.15, 0.2) is 18.2 Å². The SMILES string of the molecule is Cc1ccc(F)cc1CCCC(N)C(C)(C)C. The molecule has 1 unspecified atom stereocenters. The Hall–Kier alpha value is -0.890. The summed E-state index contributed by atoms with van der Waals surface area (Å²) in [5.41, 5.74) is 8.52. The molecule has 0 aliphatic rings. The van der Waals surface area contributed by atoms with Gasteiger partial charge in [-0.2, -0.15) is 0 Å². The molecule has 1 aromatic carbocycles. The van der Waals surface area contributed by atoms with Crippen molar-refractivity contribution in [2.24, 2.45) is 11.1 Å². The number of hydrogen-bond donors (Lipinski definition) is 1. The standard InChI is InChI=1S/C15H24FN/c1-11-8-9-13(16)10-12(11)6-5-7-14(17)15(2,3)4/h8-10,14H,5-7,17H2,1-4H3. The van der Waals surface area contributed by atoms with Gasteiger partial charge < -0.3 is 5.73 Å². The van der Waals surface area contributed by atoms with E-state index in [2.05, 4.69) is 20.8 Å². The van der Waals surface area contributed by atoms with Crippen molar-refractivity contribution in [3.8, 4) is 0 Å². The first-order valence-electron chi connectivity index (χ1n) is 6.31. The molecule has 0 amide bonds. The van der Waals surface area contributed by atoms with Gasteiger partial charge in [0.05, 0.1) is 0 Å². The zero-order valence-electron chi connectivity index (χ0n) is 11.4. The third kappa shape index (κ3) is 4.47. The predicted molar refractivity (Wildman–Crippen MR) is 71.5 cm³/mol. The predicted octanol–water partition coefficient (Wildman–Crippen LogP) is 3.83. The van der Waals surface area contributed by atoms with Crippen molar-refractivity contribution in [3.05, 3.63) is 35.1 Å². The van der Waals surface area contributed by atoms with Crippen LogP contribution in [0, 0.1) is 18.2 Å². The van der Waals surface area contributed by atoms with Crippen LogP contribution in [0.5, 0.6) is 0 Å². The van der Waals surface area contributed by atoms with Gasteiger partial charge in [0.15, 0.2) is 0 Å². The Morgan fingerprint density at radius 2 is 1.94 bits per heavy atom. The summed E-state index contributed by atoms with van der Waals surface area (Å²) in [6.07, 6.45) is 2.91. The molecule has 0 radical (unpaired) electrons. The van der Waals surface area contributed by atoms with Crippen molar-refractivity contribution >= 4 is 0 Å². The van der Waals surface area contributed by atoms with Gasteiger partial charge >= 0.3 is 0 Å². The fourth-order valence-electron chi connectivity index (χ4n) is 1.85. The van der Waals surface area contributed by atoms with Gasteiger partial charge in [-0.25, -0.2) is 4.39 Å². The van der Waals surface area contributed by atoms with E-state index >= 15 is 0 Å². The van der Waals surface area contributed by atoms with E-state index < -0.39 is 0 Å². The van der Waals surface area contributed by atoms with Gasteiger partial charge in [0.2, 0.25) is 0 Å². The first-order chi connectivity index (χ1) is 7.80. The summed E-state index contributed by atoms with van der Waals surface area (Å²) in [5.74, 6) is -0.147. The highest BCUT2D eigenvalue weighted by Crippen LogP contribution is 2.22. The topological polar surface area (TPSA) is 26.0 Å². The van der Waals surface area contributed by atoms with E-state index in [1.807, 2.05) is 13.0 Å². The van der Waals surface area contributed by atoms with Crippen molar-refractivity contribution < 1.29 is 4.39 Å². The lowest BCUT2D eigenvalue weighted by Crippen LogP contribution is -2.34.